The highest BCUT2D eigenvalue weighted by atomic mass is 16.2. The SMILES string of the molecule is C=C(C)CCn1cc(C(C)=O)c(=O)n(C)c1=O. The van der Waals surface area contributed by atoms with Crippen molar-refractivity contribution >= 4 is 5.78 Å². The van der Waals surface area contributed by atoms with Gasteiger partial charge in [0.25, 0.3) is 5.56 Å². The van der Waals surface area contributed by atoms with Gasteiger partial charge in [-0.1, -0.05) is 5.57 Å². The molecule has 0 aliphatic rings. The fraction of sp³-hybridized carbons (Fsp3) is 0.417. The van der Waals surface area contributed by atoms with Gasteiger partial charge in [0.2, 0.25) is 0 Å². The van der Waals surface area contributed by atoms with Crippen molar-refractivity contribution in [1.82, 2.24) is 9.13 Å². The van der Waals surface area contributed by atoms with E-state index in [-0.39, 0.29) is 11.3 Å². The van der Waals surface area contributed by atoms with E-state index in [0.717, 1.165) is 10.1 Å². The van der Waals surface area contributed by atoms with E-state index in [1.807, 2.05) is 6.92 Å². The van der Waals surface area contributed by atoms with Crippen LogP contribution in [0.4, 0.5) is 0 Å². The summed E-state index contributed by atoms with van der Waals surface area (Å²) in [6, 6.07) is 0. The molecule has 1 heterocycles. The van der Waals surface area contributed by atoms with Crippen molar-refractivity contribution in [2.45, 2.75) is 26.8 Å². The van der Waals surface area contributed by atoms with Gasteiger partial charge in [-0.05, 0) is 20.3 Å². The topological polar surface area (TPSA) is 61.1 Å². The van der Waals surface area contributed by atoms with Crippen LogP contribution in [0.2, 0.25) is 0 Å². The number of carbonyl (C=O) groups excluding carboxylic acids is 1. The zero-order valence-corrected chi connectivity index (χ0v) is 10.3. The normalized spacial score (nSPS) is 10.3. The van der Waals surface area contributed by atoms with Crippen LogP contribution in [0.1, 0.15) is 30.6 Å². The van der Waals surface area contributed by atoms with Crippen molar-refractivity contribution < 1.29 is 4.79 Å². The molecule has 0 radical (unpaired) electrons. The second kappa shape index (κ2) is 4.95. The van der Waals surface area contributed by atoms with Gasteiger partial charge < -0.3 is 0 Å². The molecule has 0 aliphatic carbocycles. The van der Waals surface area contributed by atoms with E-state index in [1.165, 1.54) is 24.7 Å². The fourth-order valence-corrected chi connectivity index (χ4v) is 1.44. The number of rotatable bonds is 4. The van der Waals surface area contributed by atoms with E-state index in [4.69, 9.17) is 0 Å². The Morgan fingerprint density at radius 2 is 1.94 bits per heavy atom. The highest BCUT2D eigenvalue weighted by Crippen LogP contribution is 1.98. The van der Waals surface area contributed by atoms with Crippen LogP contribution < -0.4 is 11.2 Å². The second-order valence-electron chi connectivity index (χ2n) is 4.15. The Morgan fingerprint density at radius 3 is 2.41 bits per heavy atom. The Bertz CT molecular complexity index is 578. The molecule has 0 unspecified atom stereocenters. The summed E-state index contributed by atoms with van der Waals surface area (Å²) in [5.74, 6) is -0.338. The minimum Gasteiger partial charge on any atom is -0.299 e. The molecule has 0 aliphatic heterocycles. The quantitative estimate of drug-likeness (QED) is 0.571. The lowest BCUT2D eigenvalue weighted by Crippen LogP contribution is -2.40. The van der Waals surface area contributed by atoms with Crippen molar-refractivity contribution in [3.05, 3.63) is 44.8 Å². The van der Waals surface area contributed by atoms with Gasteiger partial charge in [-0.25, -0.2) is 4.79 Å². The molecule has 17 heavy (non-hydrogen) atoms. The van der Waals surface area contributed by atoms with Crippen LogP contribution in [-0.2, 0) is 13.6 Å². The molecule has 0 saturated heterocycles. The summed E-state index contributed by atoms with van der Waals surface area (Å²) in [4.78, 5) is 34.7. The predicted octanol–water partition coefficient (Wildman–Crippen LogP) is 0.716. The summed E-state index contributed by atoms with van der Waals surface area (Å²) >= 11 is 0. The zero-order chi connectivity index (χ0) is 13.2. The first-order valence-corrected chi connectivity index (χ1v) is 5.30. The van der Waals surface area contributed by atoms with Gasteiger partial charge in [-0.3, -0.25) is 18.7 Å². The summed E-state index contributed by atoms with van der Waals surface area (Å²) in [5, 5.41) is 0. The highest BCUT2D eigenvalue weighted by molar-refractivity contribution is 5.93. The Kier molecular flexibility index (Phi) is 3.83. The number of ketones is 1. The summed E-state index contributed by atoms with van der Waals surface area (Å²) in [6.45, 7) is 7.34. The average molecular weight is 236 g/mol. The van der Waals surface area contributed by atoms with Gasteiger partial charge in [-0.15, -0.1) is 6.58 Å². The maximum atomic E-state index is 11.8. The molecule has 0 fully saturated rings. The molecule has 0 N–H and O–H groups in total. The Hall–Kier alpha value is -1.91. The first kappa shape index (κ1) is 13.2. The maximum Gasteiger partial charge on any atom is 0.330 e. The zero-order valence-electron chi connectivity index (χ0n) is 10.3. The lowest BCUT2D eigenvalue weighted by Gasteiger charge is -2.09. The molecule has 5 nitrogen and oxygen atoms in total. The largest absolute Gasteiger partial charge is 0.330 e. The van der Waals surface area contributed by atoms with Crippen molar-refractivity contribution in [3.8, 4) is 0 Å². The van der Waals surface area contributed by atoms with Crippen molar-refractivity contribution in [2.75, 3.05) is 0 Å². The lowest BCUT2D eigenvalue weighted by atomic mass is 10.2. The monoisotopic (exact) mass is 236 g/mol. The van der Waals surface area contributed by atoms with Crippen LogP contribution >= 0.6 is 0 Å². The van der Waals surface area contributed by atoms with Gasteiger partial charge in [0, 0.05) is 19.8 Å². The molecule has 1 aromatic rings. The number of carbonyl (C=O) groups is 1. The molecule has 0 saturated carbocycles. The molecule has 0 bridgehead atoms. The Labute approximate surface area is 99.0 Å². The van der Waals surface area contributed by atoms with Crippen molar-refractivity contribution in [3.63, 3.8) is 0 Å². The van der Waals surface area contributed by atoms with E-state index >= 15 is 0 Å². The average Bonchev–Trinajstić information content (AvgIpc) is 2.24. The highest BCUT2D eigenvalue weighted by Gasteiger charge is 2.11. The number of nitrogens with zero attached hydrogens (tertiary/aromatic N) is 2. The number of allylic oxidation sites excluding steroid dienone is 1. The fourth-order valence-electron chi connectivity index (χ4n) is 1.44. The first-order chi connectivity index (χ1) is 7.84. The van der Waals surface area contributed by atoms with Crippen molar-refractivity contribution in [2.24, 2.45) is 7.05 Å². The maximum absolute atomic E-state index is 11.8. The molecular formula is C12H16N2O3. The molecule has 5 heteroatoms. The third kappa shape index (κ3) is 2.81. The van der Waals surface area contributed by atoms with Gasteiger partial charge in [0.05, 0.1) is 5.56 Å². The number of Topliss-reactive ketones (excluding diaryl/α,β-unsaturated/α-hetero) is 1. The molecule has 92 valence electrons. The molecule has 0 atom stereocenters. The van der Waals surface area contributed by atoms with Crippen LogP contribution in [0.3, 0.4) is 0 Å². The molecule has 1 aromatic heterocycles. The van der Waals surface area contributed by atoms with Gasteiger partial charge in [0.15, 0.2) is 5.78 Å². The van der Waals surface area contributed by atoms with Gasteiger partial charge in [0.1, 0.15) is 0 Å². The summed E-state index contributed by atoms with van der Waals surface area (Å²) in [5.41, 5.74) is 0.0132. The second-order valence-corrected chi connectivity index (χ2v) is 4.15. The van der Waals surface area contributed by atoms with Crippen LogP contribution in [0.5, 0.6) is 0 Å². The summed E-state index contributed by atoms with van der Waals surface area (Å²) < 4.78 is 2.32. The molecule has 0 aromatic carbocycles. The molecule has 0 amide bonds. The van der Waals surface area contributed by atoms with E-state index in [0.29, 0.717) is 13.0 Å². The molecular weight excluding hydrogens is 220 g/mol. The smallest absolute Gasteiger partial charge is 0.299 e. The van der Waals surface area contributed by atoms with E-state index in [2.05, 4.69) is 6.58 Å². The van der Waals surface area contributed by atoms with Gasteiger partial charge >= 0.3 is 5.69 Å². The third-order valence-corrected chi connectivity index (χ3v) is 2.51. The number of aryl methyl sites for hydroxylation is 1. The summed E-state index contributed by atoms with van der Waals surface area (Å²) in [7, 11) is 1.37. The minimum absolute atomic E-state index is 0.0359. The number of hydrogen-bond donors (Lipinski definition) is 0. The van der Waals surface area contributed by atoms with E-state index in [9.17, 15) is 14.4 Å². The number of hydrogen-bond acceptors (Lipinski definition) is 3. The van der Waals surface area contributed by atoms with E-state index < -0.39 is 11.2 Å². The standard InChI is InChI=1S/C12H16N2O3/c1-8(2)5-6-14-7-10(9(3)15)11(16)13(4)12(14)17/h7H,1,5-6H2,2-4H3. The Balaban J connectivity index is 3.32. The van der Waals surface area contributed by atoms with Crippen LogP contribution in [0.15, 0.2) is 27.9 Å². The van der Waals surface area contributed by atoms with E-state index in [1.54, 1.807) is 0 Å². The van der Waals surface area contributed by atoms with Crippen LogP contribution in [-0.4, -0.2) is 14.9 Å². The van der Waals surface area contributed by atoms with Gasteiger partial charge in [-0.2, -0.15) is 0 Å². The number of aromatic nitrogens is 2. The van der Waals surface area contributed by atoms with Crippen LogP contribution in [0, 0.1) is 0 Å². The third-order valence-electron chi connectivity index (χ3n) is 2.51. The molecule has 1 rings (SSSR count). The predicted molar refractivity (Wildman–Crippen MR) is 65.4 cm³/mol. The minimum atomic E-state index is -0.547. The summed E-state index contributed by atoms with van der Waals surface area (Å²) in [6.07, 6.45) is 1.96. The molecule has 0 spiro atoms. The van der Waals surface area contributed by atoms with Crippen LogP contribution in [0.25, 0.3) is 0 Å². The lowest BCUT2D eigenvalue weighted by molar-refractivity contribution is 0.101. The van der Waals surface area contributed by atoms with Crippen molar-refractivity contribution in [1.29, 1.82) is 0 Å². The Morgan fingerprint density at radius 1 is 1.35 bits per heavy atom. The first-order valence-electron chi connectivity index (χ1n) is 5.30.